The molecule has 0 fully saturated rings. The maximum Gasteiger partial charge on any atom is 0.472 e. The summed E-state index contributed by atoms with van der Waals surface area (Å²) < 4.78 is 34.4. The van der Waals surface area contributed by atoms with Gasteiger partial charge in [-0.25, -0.2) is 4.57 Å². The molecule has 0 saturated carbocycles. The number of ether oxygens (including phenoxy) is 2. The highest BCUT2D eigenvalue weighted by Crippen LogP contribution is 2.43. The van der Waals surface area contributed by atoms with Crippen LogP contribution in [0, 0.1) is 0 Å². The molecule has 0 aromatic rings. The smallest absolute Gasteiger partial charge is 0.462 e. The number of allylic oxidation sites excluding steroid dienone is 2. The number of likely N-dealkylation sites (N-methyl/N-ethyl adjacent to an activating group) is 1. The van der Waals surface area contributed by atoms with Gasteiger partial charge in [0, 0.05) is 12.8 Å². The van der Waals surface area contributed by atoms with Gasteiger partial charge in [0.15, 0.2) is 6.10 Å². The molecule has 9 nitrogen and oxygen atoms in total. The molecule has 0 heterocycles. The molecule has 0 aliphatic heterocycles. The second-order valence-electron chi connectivity index (χ2n) is 17.5. The number of esters is 2. The first-order valence-electron chi connectivity index (χ1n) is 23.9. The minimum Gasteiger partial charge on any atom is -0.462 e. The van der Waals surface area contributed by atoms with Gasteiger partial charge < -0.3 is 18.9 Å². The number of carbonyl (C=O) groups is 2. The third kappa shape index (κ3) is 44.1. The lowest BCUT2D eigenvalue weighted by Gasteiger charge is -2.24. The molecule has 0 aliphatic carbocycles. The summed E-state index contributed by atoms with van der Waals surface area (Å²) in [5.74, 6) is -0.811. The number of hydrogen-bond acceptors (Lipinski definition) is 7. The molecule has 0 amide bonds. The molecule has 10 heteroatoms. The SMILES string of the molecule is CCCCCCCCCCC/C=C/CCCCC(=O)OC[C@H](COP(=O)(O)OCC[N+](C)(C)C)OC(=O)CCCCCCCCCCCCCCCCCCCC. The number of carbonyl (C=O) groups excluding carboxylic acids is 2. The Hall–Kier alpha value is -1.25. The van der Waals surface area contributed by atoms with E-state index < -0.39 is 26.5 Å². The normalized spacial score (nSPS) is 13.6. The molecule has 57 heavy (non-hydrogen) atoms. The van der Waals surface area contributed by atoms with Crippen LogP contribution in [0.4, 0.5) is 0 Å². The standard InChI is InChI=1S/C47H92NO8P/c1-6-8-10-12-14-16-18-20-22-23-24-26-28-30-32-34-36-38-40-47(50)56-45(44-55-57(51,52)54-42-41-48(3,4)5)43-53-46(49)39-37-35-33-31-29-27-25-21-19-17-15-13-11-9-7-2/h29,31,45H,6-28,30,32-44H2,1-5H3/p+1/b31-29+/t45-/m1/s1. The molecule has 0 radical (unpaired) electrons. The molecule has 0 aromatic carbocycles. The average molecular weight is 831 g/mol. The van der Waals surface area contributed by atoms with Gasteiger partial charge in [-0.05, 0) is 38.5 Å². The Morgan fingerprint density at radius 2 is 0.895 bits per heavy atom. The highest BCUT2D eigenvalue weighted by Gasteiger charge is 2.27. The number of phosphoric ester groups is 1. The quantitative estimate of drug-likeness (QED) is 0.0213. The summed E-state index contributed by atoms with van der Waals surface area (Å²) in [5.41, 5.74) is 0. The predicted octanol–water partition coefficient (Wildman–Crippen LogP) is 13.8. The van der Waals surface area contributed by atoms with Crippen molar-refractivity contribution in [1.29, 1.82) is 0 Å². The number of unbranched alkanes of at least 4 members (excludes halogenated alkanes) is 28. The van der Waals surface area contributed by atoms with E-state index in [0.717, 1.165) is 32.1 Å². The molecule has 1 N–H and O–H groups in total. The Morgan fingerprint density at radius 1 is 0.526 bits per heavy atom. The van der Waals surface area contributed by atoms with E-state index in [4.69, 9.17) is 18.5 Å². The summed E-state index contributed by atoms with van der Waals surface area (Å²) in [5, 5.41) is 0. The molecule has 2 atom stereocenters. The van der Waals surface area contributed by atoms with Crippen LogP contribution in [-0.2, 0) is 32.7 Å². The Morgan fingerprint density at radius 3 is 1.33 bits per heavy atom. The molecule has 338 valence electrons. The number of phosphoric acid groups is 1. The summed E-state index contributed by atoms with van der Waals surface area (Å²) in [4.78, 5) is 35.4. The fourth-order valence-corrected chi connectivity index (χ4v) is 7.52. The summed E-state index contributed by atoms with van der Waals surface area (Å²) in [6.45, 7) is 4.44. The van der Waals surface area contributed by atoms with Crippen molar-refractivity contribution in [2.45, 2.75) is 232 Å². The number of nitrogens with zero attached hydrogens (tertiary/aromatic N) is 1. The number of rotatable bonds is 44. The molecule has 0 saturated heterocycles. The summed E-state index contributed by atoms with van der Waals surface area (Å²) in [6, 6.07) is 0. The summed E-state index contributed by atoms with van der Waals surface area (Å²) >= 11 is 0. The minimum absolute atomic E-state index is 0.0323. The van der Waals surface area contributed by atoms with Gasteiger partial charge in [-0.3, -0.25) is 18.6 Å². The molecular weight excluding hydrogens is 737 g/mol. The van der Waals surface area contributed by atoms with Crippen molar-refractivity contribution < 1.29 is 42.1 Å². The molecule has 1 unspecified atom stereocenters. The van der Waals surface area contributed by atoms with Crippen molar-refractivity contribution >= 4 is 19.8 Å². The van der Waals surface area contributed by atoms with Crippen molar-refractivity contribution in [3.05, 3.63) is 12.2 Å². The van der Waals surface area contributed by atoms with E-state index in [-0.39, 0.29) is 32.0 Å². The Labute approximate surface area is 352 Å². The van der Waals surface area contributed by atoms with E-state index >= 15 is 0 Å². The Kier molecular flexibility index (Phi) is 39.3. The lowest BCUT2D eigenvalue weighted by Crippen LogP contribution is -2.37. The van der Waals surface area contributed by atoms with E-state index in [9.17, 15) is 19.0 Å². The molecule has 0 bridgehead atoms. The van der Waals surface area contributed by atoms with Crippen LogP contribution in [0.2, 0.25) is 0 Å². The van der Waals surface area contributed by atoms with E-state index in [1.165, 1.54) is 154 Å². The fourth-order valence-electron chi connectivity index (χ4n) is 6.77. The largest absolute Gasteiger partial charge is 0.472 e. The van der Waals surface area contributed by atoms with E-state index in [1.807, 2.05) is 21.1 Å². The highest BCUT2D eigenvalue weighted by molar-refractivity contribution is 7.47. The molecular formula is C47H93NO8P+. The van der Waals surface area contributed by atoms with Crippen LogP contribution in [0.25, 0.3) is 0 Å². The summed E-state index contributed by atoms with van der Waals surface area (Å²) in [7, 11) is 1.48. The topological polar surface area (TPSA) is 108 Å². The van der Waals surface area contributed by atoms with Gasteiger partial charge in [-0.2, -0.15) is 0 Å². The molecule has 0 rings (SSSR count). The third-order valence-electron chi connectivity index (χ3n) is 10.5. The molecule has 0 aromatic heterocycles. The lowest BCUT2D eigenvalue weighted by molar-refractivity contribution is -0.870. The van der Waals surface area contributed by atoms with Crippen molar-refractivity contribution in [1.82, 2.24) is 0 Å². The van der Waals surface area contributed by atoms with Crippen molar-refractivity contribution in [3.8, 4) is 0 Å². The van der Waals surface area contributed by atoms with Gasteiger partial charge in [-0.1, -0.05) is 187 Å². The zero-order valence-corrected chi connectivity index (χ0v) is 39.0. The van der Waals surface area contributed by atoms with Gasteiger partial charge >= 0.3 is 19.8 Å². The first-order valence-corrected chi connectivity index (χ1v) is 25.4. The lowest BCUT2D eigenvalue weighted by atomic mass is 10.0. The Bertz CT molecular complexity index is 985. The molecule has 0 spiro atoms. The summed E-state index contributed by atoms with van der Waals surface area (Å²) in [6.07, 6.45) is 42.6. The maximum absolute atomic E-state index is 12.7. The van der Waals surface area contributed by atoms with Crippen LogP contribution >= 0.6 is 7.82 Å². The second kappa shape index (κ2) is 40.2. The minimum atomic E-state index is -4.37. The fraction of sp³-hybridized carbons (Fsp3) is 0.915. The van der Waals surface area contributed by atoms with E-state index in [1.54, 1.807) is 0 Å². The highest BCUT2D eigenvalue weighted by atomic mass is 31.2. The van der Waals surface area contributed by atoms with Crippen molar-refractivity contribution in [2.24, 2.45) is 0 Å². The maximum atomic E-state index is 12.7. The zero-order valence-electron chi connectivity index (χ0n) is 38.1. The first-order chi connectivity index (χ1) is 27.5. The van der Waals surface area contributed by atoms with Crippen LogP contribution in [-0.4, -0.2) is 74.9 Å². The van der Waals surface area contributed by atoms with Gasteiger partial charge in [-0.15, -0.1) is 0 Å². The Balaban J connectivity index is 4.29. The van der Waals surface area contributed by atoms with Gasteiger partial charge in [0.2, 0.25) is 0 Å². The van der Waals surface area contributed by atoms with Crippen LogP contribution in [0.1, 0.15) is 226 Å². The van der Waals surface area contributed by atoms with Crippen LogP contribution < -0.4 is 0 Å². The van der Waals surface area contributed by atoms with Crippen molar-refractivity contribution in [3.63, 3.8) is 0 Å². The predicted molar refractivity (Wildman–Crippen MR) is 238 cm³/mol. The van der Waals surface area contributed by atoms with Gasteiger partial charge in [0.1, 0.15) is 19.8 Å². The van der Waals surface area contributed by atoms with Crippen LogP contribution in [0.15, 0.2) is 12.2 Å². The number of quaternary nitrogens is 1. The zero-order chi connectivity index (χ0) is 42.1. The van der Waals surface area contributed by atoms with Gasteiger partial charge in [0.05, 0.1) is 27.7 Å². The van der Waals surface area contributed by atoms with Crippen LogP contribution in [0.3, 0.4) is 0 Å². The first kappa shape index (κ1) is 55.8. The van der Waals surface area contributed by atoms with Crippen molar-refractivity contribution in [2.75, 3.05) is 47.5 Å². The van der Waals surface area contributed by atoms with Crippen LogP contribution in [0.5, 0.6) is 0 Å². The van der Waals surface area contributed by atoms with E-state index in [0.29, 0.717) is 23.9 Å². The third-order valence-corrected chi connectivity index (χ3v) is 11.5. The van der Waals surface area contributed by atoms with Gasteiger partial charge in [0.25, 0.3) is 0 Å². The monoisotopic (exact) mass is 831 g/mol. The second-order valence-corrected chi connectivity index (χ2v) is 19.0. The molecule has 0 aliphatic rings. The number of hydrogen-bond donors (Lipinski definition) is 1. The van der Waals surface area contributed by atoms with E-state index in [2.05, 4.69) is 26.0 Å². The average Bonchev–Trinajstić information content (AvgIpc) is 3.16.